The standard InChI is InChI=1S/C14H22N2S/c1-2-10-5-6-11-12(9-10)17-13(16-11)14(15)7-3-4-8-14/h10H,2-9,15H2,1H3. The van der Waals surface area contributed by atoms with Crippen LogP contribution in [0.3, 0.4) is 0 Å². The van der Waals surface area contributed by atoms with E-state index in [1.807, 2.05) is 11.3 Å². The van der Waals surface area contributed by atoms with Crippen LogP contribution in [0.5, 0.6) is 0 Å². The molecule has 0 amide bonds. The van der Waals surface area contributed by atoms with Crippen molar-refractivity contribution in [2.24, 2.45) is 11.7 Å². The molecular weight excluding hydrogens is 228 g/mol. The summed E-state index contributed by atoms with van der Waals surface area (Å²) in [4.78, 5) is 6.40. The Morgan fingerprint density at radius 3 is 2.88 bits per heavy atom. The lowest BCUT2D eigenvalue weighted by molar-refractivity contribution is 0.439. The van der Waals surface area contributed by atoms with E-state index in [1.54, 1.807) is 0 Å². The van der Waals surface area contributed by atoms with Crippen molar-refractivity contribution in [3.05, 3.63) is 15.6 Å². The maximum atomic E-state index is 6.51. The Morgan fingerprint density at radius 2 is 2.18 bits per heavy atom. The molecule has 1 fully saturated rings. The van der Waals surface area contributed by atoms with Crippen LogP contribution in [-0.4, -0.2) is 4.98 Å². The van der Waals surface area contributed by atoms with Gasteiger partial charge in [0.15, 0.2) is 0 Å². The van der Waals surface area contributed by atoms with Gasteiger partial charge in [0.05, 0.1) is 11.2 Å². The predicted octanol–water partition coefficient (Wildman–Crippen LogP) is 3.39. The Balaban J connectivity index is 1.87. The van der Waals surface area contributed by atoms with Crippen molar-refractivity contribution in [1.82, 2.24) is 4.98 Å². The van der Waals surface area contributed by atoms with Crippen molar-refractivity contribution >= 4 is 11.3 Å². The van der Waals surface area contributed by atoms with Crippen molar-refractivity contribution in [2.75, 3.05) is 0 Å². The lowest BCUT2D eigenvalue weighted by Crippen LogP contribution is -2.32. The second-order valence-electron chi connectivity index (χ2n) is 5.77. The van der Waals surface area contributed by atoms with Gasteiger partial charge in [0.25, 0.3) is 0 Å². The Kier molecular flexibility index (Phi) is 2.99. The fraction of sp³-hybridized carbons (Fsp3) is 0.786. The van der Waals surface area contributed by atoms with Crippen molar-refractivity contribution in [3.63, 3.8) is 0 Å². The Morgan fingerprint density at radius 1 is 1.41 bits per heavy atom. The van der Waals surface area contributed by atoms with Crippen molar-refractivity contribution < 1.29 is 0 Å². The fourth-order valence-electron chi connectivity index (χ4n) is 3.22. The van der Waals surface area contributed by atoms with Gasteiger partial charge < -0.3 is 5.73 Å². The first-order valence-electron chi connectivity index (χ1n) is 6.99. The molecule has 0 spiro atoms. The maximum absolute atomic E-state index is 6.51. The second kappa shape index (κ2) is 4.36. The predicted molar refractivity (Wildman–Crippen MR) is 72.3 cm³/mol. The minimum absolute atomic E-state index is 0.0796. The smallest absolute Gasteiger partial charge is 0.113 e. The van der Waals surface area contributed by atoms with Gasteiger partial charge in [-0.1, -0.05) is 26.2 Å². The zero-order valence-corrected chi connectivity index (χ0v) is 11.5. The van der Waals surface area contributed by atoms with E-state index in [-0.39, 0.29) is 5.54 Å². The number of fused-ring (bicyclic) bond motifs is 1. The van der Waals surface area contributed by atoms with Crippen LogP contribution in [0.25, 0.3) is 0 Å². The second-order valence-corrected chi connectivity index (χ2v) is 6.85. The van der Waals surface area contributed by atoms with Gasteiger partial charge in [-0.15, -0.1) is 11.3 Å². The minimum Gasteiger partial charge on any atom is -0.319 e. The van der Waals surface area contributed by atoms with E-state index in [9.17, 15) is 0 Å². The fourth-order valence-corrected chi connectivity index (χ4v) is 4.61. The van der Waals surface area contributed by atoms with Crippen molar-refractivity contribution in [1.29, 1.82) is 0 Å². The summed E-state index contributed by atoms with van der Waals surface area (Å²) >= 11 is 1.91. The molecule has 2 aliphatic rings. The third kappa shape index (κ3) is 2.04. The van der Waals surface area contributed by atoms with Gasteiger partial charge in [0.2, 0.25) is 0 Å². The van der Waals surface area contributed by atoms with Gasteiger partial charge in [-0.25, -0.2) is 4.98 Å². The van der Waals surface area contributed by atoms with E-state index >= 15 is 0 Å². The van der Waals surface area contributed by atoms with Crippen LogP contribution in [0.4, 0.5) is 0 Å². The van der Waals surface area contributed by atoms with E-state index < -0.39 is 0 Å². The molecule has 94 valence electrons. The number of aromatic nitrogens is 1. The van der Waals surface area contributed by atoms with Crippen molar-refractivity contribution in [2.45, 2.75) is 63.8 Å². The molecular formula is C14H22N2S. The van der Waals surface area contributed by atoms with Gasteiger partial charge in [-0.3, -0.25) is 0 Å². The molecule has 0 saturated heterocycles. The molecule has 2 aliphatic carbocycles. The maximum Gasteiger partial charge on any atom is 0.113 e. The van der Waals surface area contributed by atoms with Crippen LogP contribution >= 0.6 is 11.3 Å². The monoisotopic (exact) mass is 250 g/mol. The molecule has 0 aromatic carbocycles. The van der Waals surface area contributed by atoms with Crippen LogP contribution in [0.1, 0.15) is 61.0 Å². The lowest BCUT2D eigenvalue weighted by Gasteiger charge is -2.19. The third-order valence-corrected chi connectivity index (χ3v) is 5.88. The van der Waals surface area contributed by atoms with E-state index in [2.05, 4.69) is 6.92 Å². The van der Waals surface area contributed by atoms with E-state index in [0.29, 0.717) is 0 Å². The molecule has 1 aromatic heterocycles. The summed E-state index contributed by atoms with van der Waals surface area (Å²) in [5.74, 6) is 0.883. The third-order valence-electron chi connectivity index (χ3n) is 4.54. The highest BCUT2D eigenvalue weighted by molar-refractivity contribution is 7.11. The summed E-state index contributed by atoms with van der Waals surface area (Å²) in [5, 5.41) is 1.23. The molecule has 0 radical (unpaired) electrons. The summed E-state index contributed by atoms with van der Waals surface area (Å²) in [7, 11) is 0. The molecule has 1 aromatic rings. The molecule has 0 bridgehead atoms. The number of nitrogens with zero attached hydrogens (tertiary/aromatic N) is 1. The molecule has 17 heavy (non-hydrogen) atoms. The first-order valence-corrected chi connectivity index (χ1v) is 7.81. The van der Waals surface area contributed by atoms with Crippen LogP contribution in [0.15, 0.2) is 0 Å². The Labute approximate surface area is 108 Å². The minimum atomic E-state index is -0.0796. The molecule has 3 heteroatoms. The van der Waals surface area contributed by atoms with Gasteiger partial charge in [0, 0.05) is 4.88 Å². The molecule has 0 aliphatic heterocycles. The van der Waals surface area contributed by atoms with E-state index in [0.717, 1.165) is 18.8 Å². The number of thiazole rings is 1. The van der Waals surface area contributed by atoms with Gasteiger partial charge in [0.1, 0.15) is 5.01 Å². The van der Waals surface area contributed by atoms with Gasteiger partial charge in [-0.05, 0) is 38.0 Å². The summed E-state index contributed by atoms with van der Waals surface area (Å²) in [5.41, 5.74) is 7.79. The summed E-state index contributed by atoms with van der Waals surface area (Å²) in [6, 6.07) is 0. The average molecular weight is 250 g/mol. The molecule has 1 atom stereocenters. The zero-order valence-electron chi connectivity index (χ0n) is 10.7. The zero-order chi connectivity index (χ0) is 11.9. The highest BCUT2D eigenvalue weighted by atomic mass is 32.1. The van der Waals surface area contributed by atoms with Gasteiger partial charge in [-0.2, -0.15) is 0 Å². The van der Waals surface area contributed by atoms with E-state index in [4.69, 9.17) is 10.7 Å². The largest absolute Gasteiger partial charge is 0.319 e. The molecule has 1 unspecified atom stereocenters. The molecule has 3 rings (SSSR count). The van der Waals surface area contributed by atoms with Crippen LogP contribution in [-0.2, 0) is 18.4 Å². The Bertz CT molecular complexity index is 404. The summed E-state index contributed by atoms with van der Waals surface area (Å²) in [6.45, 7) is 2.30. The topological polar surface area (TPSA) is 38.9 Å². The van der Waals surface area contributed by atoms with Crippen LogP contribution < -0.4 is 5.73 Å². The number of rotatable bonds is 2. The number of nitrogens with two attached hydrogens (primary N) is 1. The van der Waals surface area contributed by atoms with E-state index in [1.165, 1.54) is 54.1 Å². The molecule has 1 saturated carbocycles. The number of hydrogen-bond donors (Lipinski definition) is 1. The number of hydrogen-bond acceptors (Lipinski definition) is 3. The normalized spacial score (nSPS) is 27.1. The average Bonchev–Trinajstić information content (AvgIpc) is 2.94. The van der Waals surface area contributed by atoms with Crippen molar-refractivity contribution in [3.8, 4) is 0 Å². The first-order chi connectivity index (χ1) is 8.21. The SMILES string of the molecule is CCC1CCc2nc(C3(N)CCCC3)sc2C1. The quantitative estimate of drug-likeness (QED) is 0.874. The van der Waals surface area contributed by atoms with Gasteiger partial charge >= 0.3 is 0 Å². The summed E-state index contributed by atoms with van der Waals surface area (Å²) in [6.07, 6.45) is 9.88. The highest BCUT2D eigenvalue weighted by Crippen LogP contribution is 2.41. The first kappa shape index (κ1) is 11.7. The highest BCUT2D eigenvalue weighted by Gasteiger charge is 2.35. The Hall–Kier alpha value is -0.410. The van der Waals surface area contributed by atoms with Crippen LogP contribution in [0.2, 0.25) is 0 Å². The lowest BCUT2D eigenvalue weighted by atomic mass is 9.89. The van der Waals surface area contributed by atoms with Crippen LogP contribution in [0, 0.1) is 5.92 Å². The summed E-state index contributed by atoms with van der Waals surface area (Å²) < 4.78 is 0. The number of aryl methyl sites for hydroxylation is 1. The molecule has 2 nitrogen and oxygen atoms in total. The molecule has 2 N–H and O–H groups in total. The molecule has 1 heterocycles.